The van der Waals surface area contributed by atoms with Crippen molar-refractivity contribution in [3.05, 3.63) is 69.0 Å². The molecule has 3 amide bonds. The van der Waals surface area contributed by atoms with Gasteiger partial charge in [0.2, 0.25) is 5.91 Å². The van der Waals surface area contributed by atoms with Gasteiger partial charge in [0, 0.05) is 19.2 Å². The number of aromatic nitrogens is 3. The molecule has 0 aliphatic heterocycles. The van der Waals surface area contributed by atoms with Crippen LogP contribution in [0.25, 0.3) is 5.82 Å². The number of benzene rings is 1. The van der Waals surface area contributed by atoms with Crippen LogP contribution in [0.2, 0.25) is 5.02 Å². The van der Waals surface area contributed by atoms with Gasteiger partial charge in [0.05, 0.1) is 16.3 Å². The molecule has 0 radical (unpaired) electrons. The second-order valence-corrected chi connectivity index (χ2v) is 7.58. The first-order chi connectivity index (χ1) is 14.8. The molecule has 2 heterocycles. The summed E-state index contributed by atoms with van der Waals surface area (Å²) in [6, 6.07) is 9.87. The van der Waals surface area contributed by atoms with Crippen LogP contribution in [0.15, 0.2) is 47.2 Å². The number of amides is 3. The number of halogens is 2. The zero-order valence-electron chi connectivity index (χ0n) is 16.6. The number of pyridine rings is 1. The van der Waals surface area contributed by atoms with Gasteiger partial charge in [-0.05, 0) is 46.1 Å². The van der Waals surface area contributed by atoms with E-state index in [1.807, 2.05) is 6.92 Å². The van der Waals surface area contributed by atoms with E-state index in [-0.39, 0.29) is 17.1 Å². The highest BCUT2D eigenvalue weighted by atomic mass is 79.9. The zero-order valence-corrected chi connectivity index (χ0v) is 18.9. The van der Waals surface area contributed by atoms with Gasteiger partial charge < -0.3 is 5.32 Å². The highest BCUT2D eigenvalue weighted by Crippen LogP contribution is 2.25. The fourth-order valence-electron chi connectivity index (χ4n) is 2.83. The third-order valence-corrected chi connectivity index (χ3v) is 4.90. The summed E-state index contributed by atoms with van der Waals surface area (Å²) >= 11 is 9.49. The van der Waals surface area contributed by atoms with Crippen molar-refractivity contribution >= 4 is 50.9 Å². The molecule has 3 aromatic rings. The summed E-state index contributed by atoms with van der Waals surface area (Å²) in [5, 5.41) is 7.36. The number of carbonyl (C=O) groups is 3. The van der Waals surface area contributed by atoms with Crippen LogP contribution < -0.4 is 16.2 Å². The number of hydrogen-bond donors (Lipinski definition) is 3. The number of nitrogens with zero attached hydrogens (tertiary/aromatic N) is 3. The second kappa shape index (κ2) is 9.71. The van der Waals surface area contributed by atoms with Crippen LogP contribution in [0.4, 0.5) is 5.69 Å². The maximum atomic E-state index is 13.2. The topological polar surface area (TPSA) is 118 Å². The molecular weight excluding hydrogens is 488 g/mol. The smallest absolute Gasteiger partial charge is 0.274 e. The fraction of sp³-hybridized carbons (Fsp3) is 0.150. The SMILES string of the molecule is CCc1cccc(C(=O)NNC(C)=O)c1NC(=O)c1cc(Br)nn1-c1ncccc1Cl. The normalized spacial score (nSPS) is 10.5. The Morgan fingerprint density at radius 2 is 1.90 bits per heavy atom. The largest absolute Gasteiger partial charge is 0.320 e. The molecule has 0 saturated heterocycles. The molecule has 0 unspecified atom stereocenters. The van der Waals surface area contributed by atoms with Gasteiger partial charge >= 0.3 is 0 Å². The second-order valence-electron chi connectivity index (χ2n) is 6.36. The van der Waals surface area contributed by atoms with Crippen molar-refractivity contribution in [2.45, 2.75) is 20.3 Å². The Morgan fingerprint density at radius 3 is 2.58 bits per heavy atom. The molecule has 0 spiro atoms. The van der Waals surface area contributed by atoms with Crippen molar-refractivity contribution in [2.24, 2.45) is 0 Å². The summed E-state index contributed by atoms with van der Waals surface area (Å²) in [5.41, 5.74) is 5.97. The minimum Gasteiger partial charge on any atom is -0.320 e. The molecule has 3 N–H and O–H groups in total. The maximum Gasteiger partial charge on any atom is 0.274 e. The van der Waals surface area contributed by atoms with E-state index in [9.17, 15) is 14.4 Å². The average Bonchev–Trinajstić information content (AvgIpc) is 3.14. The van der Waals surface area contributed by atoms with Crippen LogP contribution in [-0.2, 0) is 11.2 Å². The third kappa shape index (κ3) is 5.09. The monoisotopic (exact) mass is 504 g/mol. The van der Waals surface area contributed by atoms with Gasteiger partial charge in [0.15, 0.2) is 5.82 Å². The first-order valence-electron chi connectivity index (χ1n) is 9.18. The van der Waals surface area contributed by atoms with Crippen LogP contribution in [0.3, 0.4) is 0 Å². The highest BCUT2D eigenvalue weighted by Gasteiger charge is 2.22. The first-order valence-corrected chi connectivity index (χ1v) is 10.4. The van der Waals surface area contributed by atoms with Crippen molar-refractivity contribution in [1.29, 1.82) is 0 Å². The number of rotatable bonds is 5. The Morgan fingerprint density at radius 1 is 1.13 bits per heavy atom. The minimum absolute atomic E-state index is 0.159. The van der Waals surface area contributed by atoms with Crippen LogP contribution in [-0.4, -0.2) is 32.5 Å². The summed E-state index contributed by atoms with van der Waals surface area (Å²) in [6.07, 6.45) is 2.10. The average molecular weight is 506 g/mol. The molecular formula is C20H18BrClN6O3. The van der Waals surface area contributed by atoms with Crippen molar-refractivity contribution < 1.29 is 14.4 Å². The predicted octanol–water partition coefficient (Wildman–Crippen LogP) is 3.28. The fourth-order valence-corrected chi connectivity index (χ4v) is 3.41. The Bertz CT molecular complexity index is 1160. The summed E-state index contributed by atoms with van der Waals surface area (Å²) in [5.74, 6) is -1.23. The van der Waals surface area contributed by atoms with E-state index in [1.165, 1.54) is 23.9 Å². The first kappa shape index (κ1) is 22.4. The van der Waals surface area contributed by atoms with Crippen molar-refractivity contribution in [3.8, 4) is 5.82 Å². The summed E-state index contributed by atoms with van der Waals surface area (Å²) in [7, 11) is 0. The van der Waals surface area contributed by atoms with Gasteiger partial charge in [-0.1, -0.05) is 30.7 Å². The van der Waals surface area contributed by atoms with Gasteiger partial charge in [-0.2, -0.15) is 5.10 Å². The number of aryl methyl sites for hydroxylation is 1. The minimum atomic E-state index is -0.566. The van der Waals surface area contributed by atoms with Crippen molar-refractivity contribution in [2.75, 3.05) is 5.32 Å². The molecule has 160 valence electrons. The van der Waals surface area contributed by atoms with E-state index >= 15 is 0 Å². The lowest BCUT2D eigenvalue weighted by molar-refractivity contribution is -0.119. The number of hydrogen-bond acceptors (Lipinski definition) is 5. The molecule has 0 saturated carbocycles. The van der Waals surface area contributed by atoms with E-state index < -0.39 is 17.7 Å². The van der Waals surface area contributed by atoms with E-state index in [4.69, 9.17) is 11.6 Å². The van der Waals surface area contributed by atoms with E-state index in [1.54, 1.807) is 30.3 Å². The summed E-state index contributed by atoms with van der Waals surface area (Å²) in [6.45, 7) is 3.17. The lowest BCUT2D eigenvalue weighted by atomic mass is 10.0. The number of nitrogens with one attached hydrogen (secondary N) is 3. The molecule has 0 fully saturated rings. The van der Waals surface area contributed by atoms with E-state index in [0.29, 0.717) is 21.7 Å². The number of para-hydroxylation sites is 1. The van der Waals surface area contributed by atoms with Crippen LogP contribution in [0, 0.1) is 0 Å². The molecule has 0 aliphatic rings. The maximum absolute atomic E-state index is 13.2. The Hall–Kier alpha value is -3.24. The standard InChI is InChI=1S/C20H18BrClN6O3/c1-3-12-6-4-7-13(19(30)26-25-11(2)29)17(12)24-20(31)15-10-16(21)27-28(15)18-14(22)8-5-9-23-18/h4-10H,3H2,1-2H3,(H,24,31)(H,25,29)(H,26,30). The van der Waals surface area contributed by atoms with Gasteiger partial charge in [-0.15, -0.1) is 0 Å². The number of carbonyl (C=O) groups excluding carboxylic acids is 3. The third-order valence-electron chi connectivity index (χ3n) is 4.22. The molecule has 0 atom stereocenters. The zero-order chi connectivity index (χ0) is 22.5. The molecule has 1 aromatic carbocycles. The lowest BCUT2D eigenvalue weighted by Crippen LogP contribution is -2.40. The van der Waals surface area contributed by atoms with E-state index in [2.05, 4.69) is 42.2 Å². The van der Waals surface area contributed by atoms with Crippen molar-refractivity contribution in [3.63, 3.8) is 0 Å². The molecule has 0 bridgehead atoms. The van der Waals surface area contributed by atoms with Crippen LogP contribution in [0.5, 0.6) is 0 Å². The quantitative estimate of drug-likeness (QED) is 0.460. The summed E-state index contributed by atoms with van der Waals surface area (Å²) < 4.78 is 1.72. The molecule has 0 aliphatic carbocycles. The van der Waals surface area contributed by atoms with Crippen LogP contribution >= 0.6 is 27.5 Å². The Balaban J connectivity index is 1.99. The van der Waals surface area contributed by atoms with Gasteiger partial charge in [0.25, 0.3) is 11.8 Å². The molecule has 9 nitrogen and oxygen atoms in total. The van der Waals surface area contributed by atoms with Crippen molar-refractivity contribution in [1.82, 2.24) is 25.6 Å². The Labute approximate surface area is 191 Å². The number of hydrazine groups is 1. The molecule has 2 aromatic heterocycles. The number of anilines is 1. The predicted molar refractivity (Wildman–Crippen MR) is 119 cm³/mol. The summed E-state index contributed by atoms with van der Waals surface area (Å²) in [4.78, 5) is 41.1. The van der Waals surface area contributed by atoms with Gasteiger partial charge in [-0.25, -0.2) is 9.67 Å². The lowest BCUT2D eigenvalue weighted by Gasteiger charge is -2.15. The van der Waals surface area contributed by atoms with Gasteiger partial charge in [-0.3, -0.25) is 25.2 Å². The van der Waals surface area contributed by atoms with Crippen LogP contribution in [0.1, 0.15) is 40.3 Å². The highest BCUT2D eigenvalue weighted by molar-refractivity contribution is 9.10. The van der Waals surface area contributed by atoms with E-state index in [0.717, 1.165) is 5.56 Å². The molecule has 31 heavy (non-hydrogen) atoms. The Kier molecular flexibility index (Phi) is 7.03. The molecule has 3 rings (SSSR count). The van der Waals surface area contributed by atoms with Gasteiger partial charge in [0.1, 0.15) is 10.3 Å². The molecule has 11 heteroatoms.